The predicted octanol–water partition coefficient (Wildman–Crippen LogP) is 1.52. The third kappa shape index (κ3) is 1.59. The van der Waals surface area contributed by atoms with Crippen LogP contribution in [-0.2, 0) is 4.74 Å². The zero-order valence-electron chi connectivity index (χ0n) is 8.81. The van der Waals surface area contributed by atoms with Crippen LogP contribution in [0.15, 0.2) is 12.4 Å². The highest BCUT2D eigenvalue weighted by atomic mass is 16.5. The van der Waals surface area contributed by atoms with Gasteiger partial charge in [0, 0.05) is 12.4 Å². The van der Waals surface area contributed by atoms with E-state index >= 15 is 0 Å². The molecule has 3 atom stereocenters. The number of nitrogens with zero attached hydrogens (tertiary/aromatic N) is 2. The summed E-state index contributed by atoms with van der Waals surface area (Å²) in [7, 11) is 0. The molecule has 4 heteroatoms. The van der Waals surface area contributed by atoms with Crippen molar-refractivity contribution in [3.8, 4) is 0 Å². The van der Waals surface area contributed by atoms with Crippen LogP contribution < -0.4 is 5.32 Å². The van der Waals surface area contributed by atoms with E-state index in [-0.39, 0.29) is 0 Å². The van der Waals surface area contributed by atoms with Crippen LogP contribution in [0.2, 0.25) is 0 Å². The zero-order chi connectivity index (χ0) is 10.3. The molecule has 3 heterocycles. The summed E-state index contributed by atoms with van der Waals surface area (Å²) in [4.78, 5) is 8.51. The van der Waals surface area contributed by atoms with Crippen LogP contribution in [0, 0.1) is 6.92 Å². The summed E-state index contributed by atoms with van der Waals surface area (Å²) < 4.78 is 5.79. The lowest BCUT2D eigenvalue weighted by Gasteiger charge is -2.21. The molecule has 2 fully saturated rings. The first-order valence-corrected chi connectivity index (χ1v) is 5.52. The van der Waals surface area contributed by atoms with Crippen molar-refractivity contribution in [3.63, 3.8) is 0 Å². The van der Waals surface area contributed by atoms with E-state index in [2.05, 4.69) is 15.3 Å². The Morgan fingerprint density at radius 2 is 2.20 bits per heavy atom. The van der Waals surface area contributed by atoms with Gasteiger partial charge in [-0.1, -0.05) is 0 Å². The van der Waals surface area contributed by atoms with Gasteiger partial charge in [-0.15, -0.1) is 0 Å². The third-order valence-electron chi connectivity index (χ3n) is 3.31. The van der Waals surface area contributed by atoms with Crippen LogP contribution in [0.5, 0.6) is 0 Å². The molecule has 0 spiro atoms. The molecule has 0 saturated carbocycles. The molecular weight excluding hydrogens is 190 g/mol. The number of anilines is 1. The van der Waals surface area contributed by atoms with E-state index in [0.29, 0.717) is 18.2 Å². The molecule has 0 aliphatic carbocycles. The molecule has 2 saturated heterocycles. The van der Waals surface area contributed by atoms with Gasteiger partial charge in [0.1, 0.15) is 5.82 Å². The van der Waals surface area contributed by atoms with Crippen LogP contribution in [0.25, 0.3) is 0 Å². The fraction of sp³-hybridized carbons (Fsp3) is 0.636. The van der Waals surface area contributed by atoms with Crippen molar-refractivity contribution in [3.05, 3.63) is 18.1 Å². The summed E-state index contributed by atoms with van der Waals surface area (Å²) in [6.07, 6.45) is 7.83. The van der Waals surface area contributed by atoms with E-state index in [1.807, 2.05) is 6.92 Å². The van der Waals surface area contributed by atoms with Crippen molar-refractivity contribution in [2.24, 2.45) is 0 Å². The molecule has 2 aliphatic rings. The van der Waals surface area contributed by atoms with E-state index in [1.54, 1.807) is 12.4 Å². The van der Waals surface area contributed by atoms with Crippen LogP contribution in [-0.4, -0.2) is 28.2 Å². The minimum absolute atomic E-state index is 0.386. The predicted molar refractivity (Wildman–Crippen MR) is 56.7 cm³/mol. The maximum absolute atomic E-state index is 5.79. The largest absolute Gasteiger partial charge is 0.373 e. The highest BCUT2D eigenvalue weighted by Crippen LogP contribution is 2.35. The van der Waals surface area contributed by atoms with Crippen molar-refractivity contribution in [1.29, 1.82) is 0 Å². The van der Waals surface area contributed by atoms with E-state index < -0.39 is 0 Å². The molecule has 2 aliphatic heterocycles. The number of ether oxygens (including phenoxy) is 1. The normalized spacial score (nSPS) is 33.3. The molecule has 1 N–H and O–H groups in total. The average Bonchev–Trinajstić information content (AvgIpc) is 2.83. The number of rotatable bonds is 2. The fourth-order valence-electron chi connectivity index (χ4n) is 2.51. The summed E-state index contributed by atoms with van der Waals surface area (Å²) in [6, 6.07) is 0.430. The van der Waals surface area contributed by atoms with Crippen molar-refractivity contribution < 1.29 is 4.74 Å². The Balaban J connectivity index is 1.73. The van der Waals surface area contributed by atoms with Gasteiger partial charge in [0.05, 0.1) is 23.9 Å². The van der Waals surface area contributed by atoms with Crippen LogP contribution >= 0.6 is 0 Å². The molecule has 0 amide bonds. The average molecular weight is 205 g/mol. The summed E-state index contributed by atoms with van der Waals surface area (Å²) in [5, 5.41) is 3.44. The van der Waals surface area contributed by atoms with Gasteiger partial charge in [-0.2, -0.15) is 0 Å². The molecule has 3 rings (SSSR count). The minimum Gasteiger partial charge on any atom is -0.373 e. The molecule has 0 radical (unpaired) electrons. The summed E-state index contributed by atoms with van der Waals surface area (Å²) in [5.74, 6) is 0.902. The van der Waals surface area contributed by atoms with E-state index in [9.17, 15) is 0 Å². The van der Waals surface area contributed by atoms with Gasteiger partial charge in [-0.3, -0.25) is 4.98 Å². The Kier molecular flexibility index (Phi) is 2.09. The van der Waals surface area contributed by atoms with Crippen LogP contribution in [0.3, 0.4) is 0 Å². The van der Waals surface area contributed by atoms with Gasteiger partial charge >= 0.3 is 0 Å². The molecule has 4 nitrogen and oxygen atoms in total. The molecule has 15 heavy (non-hydrogen) atoms. The lowest BCUT2D eigenvalue weighted by atomic mass is 9.95. The third-order valence-corrected chi connectivity index (χ3v) is 3.31. The standard InChI is InChI=1S/C11H15N3O/c1-7-11(13-5-4-12-7)14-9-6-8-2-3-10(9)15-8/h4-5,8-10H,2-3,6H2,1H3,(H,13,14). The number of hydrogen-bond donors (Lipinski definition) is 1. The van der Waals surface area contributed by atoms with Crippen molar-refractivity contribution >= 4 is 5.82 Å². The van der Waals surface area contributed by atoms with Gasteiger partial charge in [0.25, 0.3) is 0 Å². The lowest BCUT2D eigenvalue weighted by Crippen LogP contribution is -2.31. The number of hydrogen-bond acceptors (Lipinski definition) is 4. The molecule has 1 aromatic rings. The van der Waals surface area contributed by atoms with E-state index in [1.165, 1.54) is 12.8 Å². The second-order valence-corrected chi connectivity index (χ2v) is 4.35. The Hall–Kier alpha value is -1.16. The first-order valence-electron chi connectivity index (χ1n) is 5.52. The minimum atomic E-state index is 0.386. The lowest BCUT2D eigenvalue weighted by molar-refractivity contribution is 0.102. The molecule has 0 aromatic carbocycles. The second-order valence-electron chi connectivity index (χ2n) is 4.35. The Bertz CT molecular complexity index is 369. The molecule has 1 aromatic heterocycles. The monoisotopic (exact) mass is 205 g/mol. The first-order chi connectivity index (χ1) is 7.33. The van der Waals surface area contributed by atoms with E-state index in [0.717, 1.165) is 17.9 Å². The molecular formula is C11H15N3O. The number of nitrogens with one attached hydrogen (secondary N) is 1. The molecule has 2 bridgehead atoms. The fourth-order valence-corrected chi connectivity index (χ4v) is 2.51. The SMILES string of the molecule is Cc1nccnc1NC1CC2CCC1O2. The number of fused-ring (bicyclic) bond motifs is 2. The summed E-state index contributed by atoms with van der Waals surface area (Å²) >= 11 is 0. The van der Waals surface area contributed by atoms with Crippen molar-refractivity contribution in [1.82, 2.24) is 9.97 Å². The summed E-state index contributed by atoms with van der Waals surface area (Å²) in [6.45, 7) is 1.98. The maximum atomic E-state index is 5.79. The van der Waals surface area contributed by atoms with Crippen LogP contribution in [0.1, 0.15) is 25.0 Å². The molecule has 80 valence electrons. The number of aryl methyl sites for hydroxylation is 1. The Morgan fingerprint density at radius 1 is 1.33 bits per heavy atom. The van der Waals surface area contributed by atoms with Crippen molar-refractivity contribution in [2.45, 2.75) is 44.4 Å². The number of aromatic nitrogens is 2. The van der Waals surface area contributed by atoms with E-state index in [4.69, 9.17) is 4.74 Å². The Labute approximate surface area is 89.1 Å². The summed E-state index contributed by atoms with van der Waals surface area (Å²) in [5.41, 5.74) is 0.959. The second kappa shape index (κ2) is 3.45. The van der Waals surface area contributed by atoms with Gasteiger partial charge < -0.3 is 10.1 Å². The topological polar surface area (TPSA) is 47.0 Å². The highest BCUT2D eigenvalue weighted by Gasteiger charge is 2.40. The molecule has 3 unspecified atom stereocenters. The van der Waals surface area contributed by atoms with Crippen molar-refractivity contribution in [2.75, 3.05) is 5.32 Å². The smallest absolute Gasteiger partial charge is 0.147 e. The first kappa shape index (κ1) is 9.09. The maximum Gasteiger partial charge on any atom is 0.147 e. The van der Waals surface area contributed by atoms with Crippen LogP contribution in [0.4, 0.5) is 5.82 Å². The van der Waals surface area contributed by atoms with Gasteiger partial charge in [0.15, 0.2) is 0 Å². The zero-order valence-corrected chi connectivity index (χ0v) is 8.81. The quantitative estimate of drug-likeness (QED) is 0.795. The van der Waals surface area contributed by atoms with Gasteiger partial charge in [-0.25, -0.2) is 4.98 Å². The highest BCUT2D eigenvalue weighted by molar-refractivity contribution is 5.40. The van der Waals surface area contributed by atoms with Gasteiger partial charge in [0.2, 0.25) is 0 Å². The van der Waals surface area contributed by atoms with Gasteiger partial charge in [-0.05, 0) is 26.2 Å². The Morgan fingerprint density at radius 3 is 2.87 bits per heavy atom.